The maximum atomic E-state index is 12.7. The van der Waals surface area contributed by atoms with Crippen molar-refractivity contribution in [1.29, 1.82) is 0 Å². The number of carbonyl (C=O) groups excluding carboxylic acids is 1. The molecule has 1 aliphatic carbocycles. The Kier molecular flexibility index (Phi) is 7.15. The van der Waals surface area contributed by atoms with Crippen molar-refractivity contribution in [3.05, 3.63) is 23.8 Å². The molecule has 3 unspecified atom stereocenters. The Morgan fingerprint density at radius 2 is 1.92 bits per heavy atom. The van der Waals surface area contributed by atoms with Gasteiger partial charge in [-0.1, -0.05) is 33.3 Å². The van der Waals surface area contributed by atoms with Crippen LogP contribution in [0.3, 0.4) is 0 Å². The summed E-state index contributed by atoms with van der Waals surface area (Å²) in [5.74, 6) is 3.57. The van der Waals surface area contributed by atoms with E-state index in [4.69, 9.17) is 9.47 Å². The van der Waals surface area contributed by atoms with Crippen LogP contribution in [-0.2, 0) is 11.2 Å². The van der Waals surface area contributed by atoms with Crippen molar-refractivity contribution in [2.75, 3.05) is 20.8 Å². The van der Waals surface area contributed by atoms with Crippen molar-refractivity contribution in [2.45, 2.75) is 46.5 Å². The van der Waals surface area contributed by atoms with E-state index in [1.807, 2.05) is 18.2 Å². The molecule has 4 heteroatoms. The normalized spacial score (nSPS) is 23.4. The van der Waals surface area contributed by atoms with Crippen LogP contribution in [0.1, 0.15) is 45.6 Å². The van der Waals surface area contributed by atoms with Crippen molar-refractivity contribution in [3.8, 4) is 11.5 Å². The van der Waals surface area contributed by atoms with Gasteiger partial charge in [0.15, 0.2) is 11.5 Å². The van der Waals surface area contributed by atoms with Crippen LogP contribution in [-0.4, -0.2) is 26.7 Å². The van der Waals surface area contributed by atoms with E-state index in [-0.39, 0.29) is 11.8 Å². The fraction of sp³-hybridized carbons (Fsp3) is 0.667. The van der Waals surface area contributed by atoms with Gasteiger partial charge in [0.2, 0.25) is 5.91 Å². The third-order valence-electron chi connectivity index (χ3n) is 5.52. The lowest BCUT2D eigenvalue weighted by atomic mass is 9.70. The maximum absolute atomic E-state index is 12.7. The summed E-state index contributed by atoms with van der Waals surface area (Å²) in [7, 11) is 3.27. The van der Waals surface area contributed by atoms with Crippen LogP contribution in [0.5, 0.6) is 11.5 Å². The summed E-state index contributed by atoms with van der Waals surface area (Å²) < 4.78 is 10.6. The van der Waals surface area contributed by atoms with Gasteiger partial charge >= 0.3 is 0 Å². The molecule has 0 bridgehead atoms. The molecule has 0 aliphatic heterocycles. The summed E-state index contributed by atoms with van der Waals surface area (Å²) >= 11 is 0. The standard InChI is InChI=1S/C21H33NO3/c1-14(2)17-8-6-15(3)12-18(17)21(23)22-11-10-16-7-9-19(24-4)20(13-16)25-5/h7,9,13-15,17-18H,6,8,10-12H2,1-5H3,(H,22,23). The zero-order valence-electron chi connectivity index (χ0n) is 16.3. The molecule has 2 rings (SSSR count). The number of hydrogen-bond donors (Lipinski definition) is 1. The smallest absolute Gasteiger partial charge is 0.223 e. The molecule has 3 atom stereocenters. The van der Waals surface area contributed by atoms with Gasteiger partial charge < -0.3 is 14.8 Å². The predicted molar refractivity (Wildman–Crippen MR) is 101 cm³/mol. The van der Waals surface area contributed by atoms with E-state index < -0.39 is 0 Å². The fourth-order valence-electron chi connectivity index (χ4n) is 4.00. The Bertz CT molecular complexity index is 570. The zero-order valence-corrected chi connectivity index (χ0v) is 16.3. The first-order chi connectivity index (χ1) is 12.0. The number of nitrogens with one attached hydrogen (secondary N) is 1. The molecule has 1 saturated carbocycles. The average molecular weight is 347 g/mol. The van der Waals surface area contributed by atoms with Gasteiger partial charge in [0.25, 0.3) is 0 Å². The highest BCUT2D eigenvalue weighted by molar-refractivity contribution is 5.79. The van der Waals surface area contributed by atoms with E-state index in [0.717, 1.165) is 29.9 Å². The van der Waals surface area contributed by atoms with Gasteiger partial charge in [-0.05, 0) is 54.7 Å². The molecule has 0 spiro atoms. The Morgan fingerprint density at radius 3 is 2.56 bits per heavy atom. The molecule has 25 heavy (non-hydrogen) atoms. The molecule has 0 radical (unpaired) electrons. The molecule has 1 aliphatic rings. The van der Waals surface area contributed by atoms with Crippen molar-refractivity contribution in [3.63, 3.8) is 0 Å². The van der Waals surface area contributed by atoms with Gasteiger partial charge in [0.05, 0.1) is 14.2 Å². The van der Waals surface area contributed by atoms with Crippen LogP contribution in [0, 0.1) is 23.7 Å². The Balaban J connectivity index is 1.91. The third-order valence-corrected chi connectivity index (χ3v) is 5.52. The Morgan fingerprint density at radius 1 is 1.20 bits per heavy atom. The first-order valence-electron chi connectivity index (χ1n) is 9.44. The van der Waals surface area contributed by atoms with E-state index in [1.165, 1.54) is 12.8 Å². The molecule has 0 aromatic heterocycles. The molecule has 1 aromatic rings. The van der Waals surface area contributed by atoms with E-state index >= 15 is 0 Å². The van der Waals surface area contributed by atoms with E-state index in [9.17, 15) is 4.79 Å². The molecule has 4 nitrogen and oxygen atoms in total. The lowest BCUT2D eigenvalue weighted by Gasteiger charge is -2.36. The summed E-state index contributed by atoms with van der Waals surface area (Å²) in [6.45, 7) is 7.40. The zero-order chi connectivity index (χ0) is 18.4. The lowest BCUT2D eigenvalue weighted by molar-refractivity contribution is -0.129. The minimum atomic E-state index is 0.161. The monoisotopic (exact) mass is 347 g/mol. The Hall–Kier alpha value is -1.71. The number of carbonyl (C=O) groups is 1. The SMILES string of the molecule is COc1ccc(CCNC(=O)C2CC(C)CCC2C(C)C)cc1OC. The van der Waals surface area contributed by atoms with Crippen LogP contribution in [0.2, 0.25) is 0 Å². The largest absolute Gasteiger partial charge is 0.493 e. The fourth-order valence-corrected chi connectivity index (χ4v) is 4.00. The quantitative estimate of drug-likeness (QED) is 0.809. The van der Waals surface area contributed by atoms with Gasteiger partial charge in [0.1, 0.15) is 0 Å². The van der Waals surface area contributed by atoms with Crippen LogP contribution in [0.15, 0.2) is 18.2 Å². The highest BCUT2D eigenvalue weighted by Crippen LogP contribution is 2.38. The predicted octanol–water partition coefficient (Wildman–Crippen LogP) is 4.07. The molecule has 1 aromatic carbocycles. The van der Waals surface area contributed by atoms with Gasteiger partial charge in [-0.2, -0.15) is 0 Å². The minimum absolute atomic E-state index is 0.161. The number of methoxy groups -OCH3 is 2. The second-order valence-electron chi connectivity index (χ2n) is 7.66. The van der Waals surface area contributed by atoms with E-state index in [0.29, 0.717) is 24.3 Å². The summed E-state index contributed by atoms with van der Waals surface area (Å²) in [5, 5.41) is 3.16. The number of ether oxygens (including phenoxy) is 2. The topological polar surface area (TPSA) is 47.6 Å². The second kappa shape index (κ2) is 9.12. The lowest BCUT2D eigenvalue weighted by Crippen LogP contribution is -2.40. The molecule has 140 valence electrons. The first-order valence-corrected chi connectivity index (χ1v) is 9.44. The summed E-state index contributed by atoms with van der Waals surface area (Å²) in [5.41, 5.74) is 1.13. The van der Waals surface area contributed by atoms with Crippen LogP contribution in [0.25, 0.3) is 0 Å². The summed E-state index contributed by atoms with van der Waals surface area (Å²) in [6.07, 6.45) is 4.23. The molecule has 0 heterocycles. The number of amides is 1. The van der Waals surface area contributed by atoms with E-state index in [1.54, 1.807) is 14.2 Å². The number of rotatable bonds is 7. The molecular formula is C21H33NO3. The van der Waals surface area contributed by atoms with Crippen LogP contribution < -0.4 is 14.8 Å². The van der Waals surface area contributed by atoms with E-state index in [2.05, 4.69) is 26.1 Å². The molecule has 1 fully saturated rings. The van der Waals surface area contributed by atoms with Crippen LogP contribution in [0.4, 0.5) is 0 Å². The molecular weight excluding hydrogens is 314 g/mol. The van der Waals surface area contributed by atoms with Crippen molar-refractivity contribution in [1.82, 2.24) is 5.32 Å². The van der Waals surface area contributed by atoms with Gasteiger partial charge in [0, 0.05) is 12.5 Å². The molecule has 1 amide bonds. The Labute approximate surface area is 152 Å². The first kappa shape index (κ1) is 19.6. The van der Waals surface area contributed by atoms with Crippen LogP contribution >= 0.6 is 0 Å². The van der Waals surface area contributed by atoms with Gasteiger partial charge in [-0.15, -0.1) is 0 Å². The highest BCUT2D eigenvalue weighted by Gasteiger charge is 2.35. The van der Waals surface area contributed by atoms with Crippen molar-refractivity contribution >= 4 is 5.91 Å². The second-order valence-corrected chi connectivity index (χ2v) is 7.66. The maximum Gasteiger partial charge on any atom is 0.223 e. The minimum Gasteiger partial charge on any atom is -0.493 e. The number of benzene rings is 1. The van der Waals surface area contributed by atoms with Crippen molar-refractivity contribution < 1.29 is 14.3 Å². The molecule has 0 saturated heterocycles. The van der Waals surface area contributed by atoms with Gasteiger partial charge in [-0.25, -0.2) is 0 Å². The average Bonchev–Trinajstić information content (AvgIpc) is 2.61. The molecule has 1 N–H and O–H groups in total. The van der Waals surface area contributed by atoms with Gasteiger partial charge in [-0.3, -0.25) is 4.79 Å². The number of hydrogen-bond acceptors (Lipinski definition) is 3. The summed E-state index contributed by atoms with van der Waals surface area (Å²) in [4.78, 5) is 12.7. The third kappa shape index (κ3) is 5.13. The highest BCUT2D eigenvalue weighted by atomic mass is 16.5. The van der Waals surface area contributed by atoms with Crippen molar-refractivity contribution in [2.24, 2.45) is 23.7 Å². The summed E-state index contributed by atoms with van der Waals surface area (Å²) in [6, 6.07) is 5.91.